The van der Waals surface area contributed by atoms with Gasteiger partial charge >= 0.3 is 0 Å². The molecule has 18 heavy (non-hydrogen) atoms. The standard InChI is InChI=1S/C10H9ClN4O3/c1-12-5-9-13-10(18-14-9)7-3-2-6(11)4-8(7)15(16)17/h2-4,12H,5H2,1H3. The summed E-state index contributed by atoms with van der Waals surface area (Å²) in [7, 11) is 1.74. The molecule has 0 unspecified atom stereocenters. The minimum absolute atomic E-state index is 0.101. The Morgan fingerprint density at radius 3 is 3.00 bits per heavy atom. The summed E-state index contributed by atoms with van der Waals surface area (Å²) >= 11 is 5.72. The molecule has 1 aromatic heterocycles. The van der Waals surface area contributed by atoms with Crippen molar-refractivity contribution in [3.63, 3.8) is 0 Å². The van der Waals surface area contributed by atoms with Gasteiger partial charge in [0.1, 0.15) is 5.56 Å². The van der Waals surface area contributed by atoms with E-state index in [4.69, 9.17) is 16.1 Å². The SMILES string of the molecule is CNCc1noc(-c2ccc(Cl)cc2[N+](=O)[O-])n1. The zero-order valence-corrected chi connectivity index (χ0v) is 10.1. The third-order valence-corrected chi connectivity index (χ3v) is 2.42. The van der Waals surface area contributed by atoms with Crippen molar-refractivity contribution in [2.45, 2.75) is 6.54 Å². The molecule has 0 aliphatic rings. The van der Waals surface area contributed by atoms with Crippen molar-refractivity contribution < 1.29 is 9.45 Å². The lowest BCUT2D eigenvalue weighted by Gasteiger charge is -1.98. The average molecular weight is 269 g/mol. The fraction of sp³-hybridized carbons (Fsp3) is 0.200. The topological polar surface area (TPSA) is 94.1 Å². The highest BCUT2D eigenvalue weighted by Crippen LogP contribution is 2.31. The van der Waals surface area contributed by atoms with Crippen LogP contribution in [0, 0.1) is 10.1 Å². The highest BCUT2D eigenvalue weighted by Gasteiger charge is 2.20. The van der Waals surface area contributed by atoms with Crippen molar-refractivity contribution in [3.05, 3.63) is 39.2 Å². The van der Waals surface area contributed by atoms with Crippen LogP contribution in [0.25, 0.3) is 11.5 Å². The lowest BCUT2D eigenvalue weighted by molar-refractivity contribution is -0.384. The normalized spacial score (nSPS) is 10.6. The molecule has 0 atom stereocenters. The minimum atomic E-state index is -0.539. The van der Waals surface area contributed by atoms with Crippen molar-refractivity contribution in [3.8, 4) is 11.5 Å². The van der Waals surface area contributed by atoms with Gasteiger partial charge in [-0.05, 0) is 19.2 Å². The molecule has 0 aliphatic heterocycles. The highest BCUT2D eigenvalue weighted by molar-refractivity contribution is 6.30. The van der Waals surface area contributed by atoms with Crippen molar-refractivity contribution in [1.82, 2.24) is 15.5 Å². The Labute approximate surface area is 107 Å². The van der Waals surface area contributed by atoms with Crippen LogP contribution in [0.1, 0.15) is 5.82 Å². The number of nitrogens with zero attached hydrogens (tertiary/aromatic N) is 3. The Bertz CT molecular complexity index is 584. The van der Waals surface area contributed by atoms with Gasteiger partial charge < -0.3 is 9.84 Å². The van der Waals surface area contributed by atoms with Crippen LogP contribution in [0.2, 0.25) is 5.02 Å². The predicted molar refractivity (Wildman–Crippen MR) is 64.2 cm³/mol. The van der Waals surface area contributed by atoms with E-state index in [0.717, 1.165) is 0 Å². The molecule has 0 fully saturated rings. The number of nitrogens with one attached hydrogen (secondary N) is 1. The number of hydrogen-bond donors (Lipinski definition) is 1. The molecule has 2 rings (SSSR count). The van der Waals surface area contributed by atoms with Crippen LogP contribution < -0.4 is 5.32 Å². The van der Waals surface area contributed by atoms with Gasteiger partial charge in [-0.1, -0.05) is 16.8 Å². The molecule has 1 heterocycles. The summed E-state index contributed by atoms with van der Waals surface area (Å²) < 4.78 is 4.99. The van der Waals surface area contributed by atoms with Crippen LogP contribution in [0.3, 0.4) is 0 Å². The molecule has 0 bridgehead atoms. The van der Waals surface area contributed by atoms with Crippen LogP contribution in [0.4, 0.5) is 5.69 Å². The van der Waals surface area contributed by atoms with Gasteiger partial charge in [0.05, 0.1) is 11.5 Å². The number of rotatable bonds is 4. The number of nitro benzene ring substituents is 1. The molecule has 2 aromatic rings. The molecule has 0 saturated heterocycles. The first-order valence-corrected chi connectivity index (χ1v) is 5.41. The maximum Gasteiger partial charge on any atom is 0.283 e. The second-order valence-electron chi connectivity index (χ2n) is 3.46. The summed E-state index contributed by atoms with van der Waals surface area (Å²) in [4.78, 5) is 14.4. The van der Waals surface area contributed by atoms with Gasteiger partial charge in [-0.15, -0.1) is 0 Å². The first kappa shape index (κ1) is 12.5. The Kier molecular flexibility index (Phi) is 3.54. The second kappa shape index (κ2) is 5.11. The van der Waals surface area contributed by atoms with E-state index in [1.54, 1.807) is 7.05 Å². The third kappa shape index (κ3) is 2.47. The molecule has 1 N–H and O–H groups in total. The maximum atomic E-state index is 10.9. The van der Waals surface area contributed by atoms with Crippen LogP contribution in [-0.4, -0.2) is 22.1 Å². The second-order valence-corrected chi connectivity index (χ2v) is 3.90. The third-order valence-electron chi connectivity index (χ3n) is 2.19. The van der Waals surface area contributed by atoms with Crippen molar-refractivity contribution >= 4 is 17.3 Å². The summed E-state index contributed by atoms with van der Waals surface area (Å²) in [6, 6.07) is 4.27. The number of hydrogen-bond acceptors (Lipinski definition) is 6. The van der Waals surface area contributed by atoms with E-state index in [-0.39, 0.29) is 22.2 Å². The maximum absolute atomic E-state index is 10.9. The van der Waals surface area contributed by atoms with E-state index < -0.39 is 4.92 Å². The molecule has 7 nitrogen and oxygen atoms in total. The van der Waals surface area contributed by atoms with Crippen molar-refractivity contribution in [1.29, 1.82) is 0 Å². The first-order valence-electron chi connectivity index (χ1n) is 5.03. The lowest BCUT2D eigenvalue weighted by Crippen LogP contribution is -2.06. The zero-order valence-electron chi connectivity index (χ0n) is 9.38. The zero-order chi connectivity index (χ0) is 13.1. The molecule has 8 heteroatoms. The first-order chi connectivity index (χ1) is 8.61. The summed E-state index contributed by atoms with van der Waals surface area (Å²) in [6.45, 7) is 0.422. The molecule has 0 aliphatic carbocycles. The Balaban J connectivity index is 2.45. The molecular formula is C10H9ClN4O3. The van der Waals surface area contributed by atoms with Crippen LogP contribution in [0.5, 0.6) is 0 Å². The number of halogens is 1. The molecule has 0 amide bonds. The summed E-state index contributed by atoms with van der Waals surface area (Å²) in [5.74, 6) is 0.528. The van der Waals surface area contributed by atoms with Gasteiger partial charge in [-0.3, -0.25) is 10.1 Å². The molecule has 0 radical (unpaired) electrons. The van der Waals surface area contributed by atoms with Gasteiger partial charge in [-0.25, -0.2) is 0 Å². The fourth-order valence-electron chi connectivity index (χ4n) is 1.43. The molecule has 1 aromatic carbocycles. The van der Waals surface area contributed by atoms with E-state index >= 15 is 0 Å². The van der Waals surface area contributed by atoms with E-state index in [2.05, 4.69) is 15.5 Å². The highest BCUT2D eigenvalue weighted by atomic mass is 35.5. The molecule has 0 saturated carbocycles. The van der Waals surface area contributed by atoms with Gasteiger partial charge in [0.2, 0.25) is 0 Å². The Morgan fingerprint density at radius 2 is 2.33 bits per heavy atom. The smallest absolute Gasteiger partial charge is 0.283 e. The van der Waals surface area contributed by atoms with E-state index in [1.807, 2.05) is 0 Å². The fourth-order valence-corrected chi connectivity index (χ4v) is 1.60. The van der Waals surface area contributed by atoms with Crippen LogP contribution in [-0.2, 0) is 6.54 Å². The predicted octanol–water partition coefficient (Wildman–Crippen LogP) is 2.02. The number of aromatic nitrogens is 2. The number of nitro groups is 1. The summed E-state index contributed by atoms with van der Waals surface area (Å²) in [5, 5.41) is 17.8. The van der Waals surface area contributed by atoms with E-state index in [0.29, 0.717) is 12.4 Å². The summed E-state index contributed by atoms with van der Waals surface area (Å²) in [5.41, 5.74) is 0.0846. The Morgan fingerprint density at radius 1 is 1.56 bits per heavy atom. The van der Waals surface area contributed by atoms with Gasteiger partial charge in [0.25, 0.3) is 11.6 Å². The quantitative estimate of drug-likeness (QED) is 0.673. The lowest BCUT2D eigenvalue weighted by atomic mass is 10.2. The van der Waals surface area contributed by atoms with Crippen molar-refractivity contribution in [2.75, 3.05) is 7.05 Å². The molecule has 0 spiro atoms. The van der Waals surface area contributed by atoms with Crippen LogP contribution in [0.15, 0.2) is 22.7 Å². The largest absolute Gasteiger partial charge is 0.334 e. The van der Waals surface area contributed by atoms with Crippen molar-refractivity contribution in [2.24, 2.45) is 0 Å². The van der Waals surface area contributed by atoms with Gasteiger partial charge in [0.15, 0.2) is 5.82 Å². The van der Waals surface area contributed by atoms with E-state index in [1.165, 1.54) is 18.2 Å². The molecule has 94 valence electrons. The monoisotopic (exact) mass is 268 g/mol. The average Bonchev–Trinajstić information content (AvgIpc) is 2.78. The number of benzene rings is 1. The van der Waals surface area contributed by atoms with Gasteiger partial charge in [-0.2, -0.15) is 4.98 Å². The molecular weight excluding hydrogens is 260 g/mol. The van der Waals surface area contributed by atoms with Crippen LogP contribution >= 0.6 is 11.6 Å². The summed E-state index contributed by atoms with van der Waals surface area (Å²) in [6.07, 6.45) is 0. The minimum Gasteiger partial charge on any atom is -0.334 e. The van der Waals surface area contributed by atoms with Gasteiger partial charge in [0, 0.05) is 11.1 Å². The Hall–Kier alpha value is -1.99. The van der Waals surface area contributed by atoms with E-state index in [9.17, 15) is 10.1 Å².